The normalized spacial score (nSPS) is 10.6. The lowest BCUT2D eigenvalue weighted by atomic mass is 10.2. The van der Waals surface area contributed by atoms with Crippen LogP contribution in [0.1, 0.15) is 15.9 Å². The Kier molecular flexibility index (Phi) is 7.72. The van der Waals surface area contributed by atoms with E-state index in [2.05, 4.69) is 15.7 Å². The summed E-state index contributed by atoms with van der Waals surface area (Å²) in [5.41, 5.74) is 1.96. The van der Waals surface area contributed by atoms with Crippen molar-refractivity contribution in [1.29, 1.82) is 0 Å². The van der Waals surface area contributed by atoms with Crippen molar-refractivity contribution in [2.75, 3.05) is 25.6 Å². The third-order valence-corrected chi connectivity index (χ3v) is 5.26. The number of methoxy groups -OCH3 is 1. The van der Waals surface area contributed by atoms with Gasteiger partial charge in [0, 0.05) is 24.9 Å². The number of carbonyl (C=O) groups is 1. The summed E-state index contributed by atoms with van der Waals surface area (Å²) >= 11 is 0. The number of ether oxygens (including phenoxy) is 2. The predicted octanol–water partition coefficient (Wildman–Crippen LogP) is 4.59. The van der Waals surface area contributed by atoms with E-state index in [0.717, 1.165) is 5.56 Å². The molecule has 4 rings (SSSR count). The van der Waals surface area contributed by atoms with Crippen molar-refractivity contribution in [2.45, 2.75) is 6.92 Å². The van der Waals surface area contributed by atoms with E-state index in [4.69, 9.17) is 9.47 Å². The van der Waals surface area contributed by atoms with Gasteiger partial charge in [-0.05, 0) is 49.4 Å². The highest BCUT2D eigenvalue weighted by Crippen LogP contribution is 2.30. The molecule has 0 bridgehead atoms. The van der Waals surface area contributed by atoms with Crippen LogP contribution in [0.4, 0.5) is 15.8 Å². The van der Waals surface area contributed by atoms with Gasteiger partial charge in [0.25, 0.3) is 11.5 Å². The molecule has 1 amide bonds. The molecule has 0 radical (unpaired) electrons. The molecule has 0 aliphatic heterocycles. The molecular weight excluding hydrogens is 463 g/mol. The summed E-state index contributed by atoms with van der Waals surface area (Å²) < 4.78 is 26.2. The summed E-state index contributed by atoms with van der Waals surface area (Å²) in [4.78, 5) is 26.0. The maximum Gasteiger partial charge on any atom is 0.299 e. The number of benzene rings is 3. The van der Waals surface area contributed by atoms with Crippen LogP contribution in [0.15, 0.2) is 83.8 Å². The third kappa shape index (κ3) is 5.76. The quantitative estimate of drug-likeness (QED) is 0.335. The van der Waals surface area contributed by atoms with Crippen LogP contribution in [0.5, 0.6) is 11.5 Å². The predicted molar refractivity (Wildman–Crippen MR) is 135 cm³/mol. The third-order valence-electron chi connectivity index (χ3n) is 5.26. The maximum absolute atomic E-state index is 14.3. The van der Waals surface area contributed by atoms with Crippen LogP contribution in [0, 0.1) is 12.7 Å². The number of nitrogens with zero attached hydrogens (tertiary/aromatic N) is 2. The van der Waals surface area contributed by atoms with Crippen LogP contribution in [-0.2, 0) is 4.74 Å². The van der Waals surface area contributed by atoms with Gasteiger partial charge < -0.3 is 20.1 Å². The van der Waals surface area contributed by atoms with Crippen LogP contribution >= 0.6 is 0 Å². The fraction of sp³-hybridized carbons (Fsp3) is 0.148. The van der Waals surface area contributed by atoms with Gasteiger partial charge in [0.2, 0.25) is 0 Å². The zero-order valence-corrected chi connectivity index (χ0v) is 19.8. The fourth-order valence-corrected chi connectivity index (χ4v) is 3.40. The van der Waals surface area contributed by atoms with Gasteiger partial charge in [-0.3, -0.25) is 9.59 Å². The van der Waals surface area contributed by atoms with Crippen molar-refractivity contribution in [2.24, 2.45) is 0 Å². The molecule has 0 saturated carbocycles. The van der Waals surface area contributed by atoms with Gasteiger partial charge in [-0.2, -0.15) is 9.78 Å². The van der Waals surface area contributed by atoms with Crippen LogP contribution in [-0.4, -0.2) is 35.9 Å². The summed E-state index contributed by atoms with van der Waals surface area (Å²) in [7, 11) is 1.55. The number of anilines is 2. The van der Waals surface area contributed by atoms with Crippen molar-refractivity contribution in [1.82, 2.24) is 15.1 Å². The van der Waals surface area contributed by atoms with Crippen LogP contribution < -0.4 is 20.9 Å². The molecule has 0 atom stereocenters. The molecule has 184 valence electrons. The van der Waals surface area contributed by atoms with Crippen LogP contribution in [0.25, 0.3) is 5.69 Å². The molecule has 0 aliphatic carbocycles. The first-order valence-corrected chi connectivity index (χ1v) is 11.2. The number of nitrogens with one attached hydrogen (secondary N) is 2. The summed E-state index contributed by atoms with van der Waals surface area (Å²) in [5.74, 6) is -0.893. The molecule has 9 heteroatoms. The van der Waals surface area contributed by atoms with Gasteiger partial charge >= 0.3 is 0 Å². The SMILES string of the molecule is COCCNC(=O)c1cccc(Nc2c(Oc3ccccc3F)cnn(-c3ccc(C)cc3)c2=O)c1. The molecule has 1 heterocycles. The Balaban J connectivity index is 1.73. The zero-order valence-electron chi connectivity index (χ0n) is 19.8. The Morgan fingerprint density at radius 2 is 1.81 bits per heavy atom. The number of amides is 1. The Labute approximate surface area is 207 Å². The topological polar surface area (TPSA) is 94.5 Å². The van der Waals surface area contributed by atoms with Crippen molar-refractivity contribution >= 4 is 17.3 Å². The molecule has 1 aromatic heterocycles. The van der Waals surface area contributed by atoms with Gasteiger partial charge in [0.1, 0.15) is 0 Å². The fourth-order valence-electron chi connectivity index (χ4n) is 3.40. The minimum atomic E-state index is -0.583. The number of hydrogen-bond donors (Lipinski definition) is 2. The Bertz CT molecular complexity index is 1420. The largest absolute Gasteiger partial charge is 0.450 e. The lowest BCUT2D eigenvalue weighted by molar-refractivity contribution is 0.0937. The standard InChI is InChI=1S/C27H25FN4O4/c1-18-10-12-21(13-11-18)32-27(34)25(24(17-30-32)36-23-9-4-3-8-22(23)28)31-20-7-5-6-19(16-20)26(33)29-14-15-35-2/h3-13,16-17,31H,14-15H2,1-2H3,(H,29,33). The second-order valence-electron chi connectivity index (χ2n) is 7.92. The van der Waals surface area contributed by atoms with Crippen molar-refractivity contribution in [3.8, 4) is 17.2 Å². The molecule has 0 fully saturated rings. The summed E-state index contributed by atoms with van der Waals surface area (Å²) in [6.07, 6.45) is 1.34. The van der Waals surface area contributed by atoms with E-state index in [0.29, 0.717) is 30.1 Å². The molecule has 0 spiro atoms. The van der Waals surface area contributed by atoms with Crippen molar-refractivity contribution in [3.05, 3.63) is 106 Å². The second kappa shape index (κ2) is 11.3. The summed E-state index contributed by atoms with van der Waals surface area (Å²) in [5, 5.41) is 10.0. The maximum atomic E-state index is 14.3. The summed E-state index contributed by atoms with van der Waals surface area (Å²) in [6.45, 7) is 2.69. The lowest BCUT2D eigenvalue weighted by Gasteiger charge is -2.15. The number of aromatic nitrogens is 2. The van der Waals surface area contributed by atoms with E-state index in [1.807, 2.05) is 19.1 Å². The van der Waals surface area contributed by atoms with E-state index < -0.39 is 11.4 Å². The van der Waals surface area contributed by atoms with Crippen LogP contribution in [0.3, 0.4) is 0 Å². The minimum absolute atomic E-state index is 0.0309. The highest BCUT2D eigenvalue weighted by atomic mass is 19.1. The van der Waals surface area contributed by atoms with Gasteiger partial charge in [0.15, 0.2) is 23.0 Å². The van der Waals surface area contributed by atoms with E-state index in [1.165, 1.54) is 29.1 Å². The van der Waals surface area contributed by atoms with Gasteiger partial charge in [-0.15, -0.1) is 0 Å². The number of halogens is 1. The summed E-state index contributed by atoms with van der Waals surface area (Å²) in [6, 6.07) is 19.8. The zero-order chi connectivity index (χ0) is 25.5. The van der Waals surface area contributed by atoms with E-state index >= 15 is 0 Å². The number of para-hydroxylation sites is 1. The highest BCUT2D eigenvalue weighted by molar-refractivity contribution is 5.95. The Hall–Kier alpha value is -4.50. The molecule has 8 nitrogen and oxygen atoms in total. The average Bonchev–Trinajstić information content (AvgIpc) is 2.88. The second-order valence-corrected chi connectivity index (χ2v) is 7.92. The van der Waals surface area contributed by atoms with E-state index in [-0.39, 0.29) is 23.1 Å². The first kappa shape index (κ1) is 24.6. The number of carbonyl (C=O) groups excluding carboxylic acids is 1. The molecule has 3 aromatic carbocycles. The van der Waals surface area contributed by atoms with Crippen LogP contribution in [0.2, 0.25) is 0 Å². The molecule has 4 aromatic rings. The lowest BCUT2D eigenvalue weighted by Crippen LogP contribution is -2.27. The molecule has 36 heavy (non-hydrogen) atoms. The first-order valence-electron chi connectivity index (χ1n) is 11.2. The van der Waals surface area contributed by atoms with Gasteiger partial charge in [0.05, 0.1) is 18.5 Å². The monoisotopic (exact) mass is 488 g/mol. The Morgan fingerprint density at radius 1 is 1.03 bits per heavy atom. The number of hydrogen-bond acceptors (Lipinski definition) is 6. The molecule has 2 N–H and O–H groups in total. The van der Waals surface area contributed by atoms with E-state index in [1.54, 1.807) is 49.6 Å². The number of rotatable bonds is 9. The smallest absolute Gasteiger partial charge is 0.299 e. The Morgan fingerprint density at radius 3 is 2.56 bits per heavy atom. The first-order chi connectivity index (χ1) is 17.5. The molecule has 0 saturated heterocycles. The average molecular weight is 489 g/mol. The van der Waals surface area contributed by atoms with Crippen molar-refractivity contribution < 1.29 is 18.7 Å². The van der Waals surface area contributed by atoms with Crippen molar-refractivity contribution in [3.63, 3.8) is 0 Å². The molecule has 0 aliphatic rings. The molecule has 0 unspecified atom stereocenters. The molecular formula is C27H25FN4O4. The van der Waals surface area contributed by atoms with Gasteiger partial charge in [-0.1, -0.05) is 35.9 Å². The van der Waals surface area contributed by atoms with Gasteiger partial charge in [-0.25, -0.2) is 4.39 Å². The highest BCUT2D eigenvalue weighted by Gasteiger charge is 2.17. The minimum Gasteiger partial charge on any atom is -0.450 e. The number of aryl methyl sites for hydroxylation is 1. The van der Waals surface area contributed by atoms with E-state index in [9.17, 15) is 14.0 Å².